The molecule has 1 saturated carbocycles. The van der Waals surface area contributed by atoms with Gasteiger partial charge in [-0.25, -0.2) is 4.39 Å². The quantitative estimate of drug-likeness (QED) is 0.0833. The minimum absolute atomic E-state index is 0.0688. The topological polar surface area (TPSA) is 131 Å². The summed E-state index contributed by atoms with van der Waals surface area (Å²) in [6.07, 6.45) is 10.2. The Bertz CT molecular complexity index is 1970. The fourth-order valence-electron chi connectivity index (χ4n) is 9.21. The molecule has 2 bridgehead atoms. The molecule has 0 amide bonds. The fourth-order valence-corrected chi connectivity index (χ4v) is 10.7. The van der Waals surface area contributed by atoms with Crippen LogP contribution in [0.1, 0.15) is 110 Å². The first-order valence-corrected chi connectivity index (χ1v) is 21.6. The highest BCUT2D eigenvalue weighted by molar-refractivity contribution is 7.28. The molecule has 13 heteroatoms. The summed E-state index contributed by atoms with van der Waals surface area (Å²) in [6, 6.07) is 2.88. The van der Waals surface area contributed by atoms with Crippen LogP contribution in [0.5, 0.6) is 0 Å². The lowest BCUT2D eigenvalue weighted by atomic mass is 9.86. The van der Waals surface area contributed by atoms with Gasteiger partial charge in [-0.3, -0.25) is 9.80 Å². The van der Waals surface area contributed by atoms with Gasteiger partial charge in [0.1, 0.15) is 22.7 Å². The van der Waals surface area contributed by atoms with Crippen molar-refractivity contribution in [3.8, 4) is 6.07 Å². The molecule has 4 fully saturated rings. The van der Waals surface area contributed by atoms with Gasteiger partial charge in [0.15, 0.2) is 0 Å². The summed E-state index contributed by atoms with van der Waals surface area (Å²) < 4.78 is 28.4. The van der Waals surface area contributed by atoms with Crippen molar-refractivity contribution in [1.29, 1.82) is 5.26 Å². The summed E-state index contributed by atoms with van der Waals surface area (Å²) in [5.41, 5.74) is 12.4. The fraction of sp³-hybridized carbons (Fsp3) is 0.581. The third-order valence-corrected chi connectivity index (χ3v) is 14.2. The van der Waals surface area contributed by atoms with E-state index in [1.165, 1.54) is 6.08 Å². The Morgan fingerprint density at radius 2 is 1.91 bits per heavy atom. The van der Waals surface area contributed by atoms with E-state index in [9.17, 15) is 15.5 Å². The molecule has 1 aromatic carbocycles. The Balaban J connectivity index is 1.33. The number of rotatable bonds is 15. The standard InChI is InChI=1S/C43H58FN6O4PS/c1-6-8-9-35(54-24-43(13-14-43)23-49-15-12-30(49)20-51)47-42(50-28-10-11-29(50)19-48(18-28)17-25(3)52)38-27(5)39(55)36(32-21-53-22-33(32)38)26(4)37-31(16-45)41(46)56-40(37)34(44)7-2/h7,9,25,28-30,51-52H,4,6,8,10-15,17-24,46,55H2,1-3,5H3/b34-7+,35-9-,47-42+. The second-order valence-electron chi connectivity index (χ2n) is 16.5. The third-order valence-electron chi connectivity index (χ3n) is 12.5. The van der Waals surface area contributed by atoms with Gasteiger partial charge in [-0.1, -0.05) is 26.0 Å². The maximum Gasteiger partial charge on any atom is 0.211 e. The van der Waals surface area contributed by atoms with Crippen LogP contribution in [-0.2, 0) is 22.7 Å². The van der Waals surface area contributed by atoms with Crippen molar-refractivity contribution in [1.82, 2.24) is 14.7 Å². The second-order valence-corrected chi connectivity index (χ2v) is 18.2. The van der Waals surface area contributed by atoms with Crippen molar-refractivity contribution >= 4 is 48.1 Å². The predicted molar refractivity (Wildman–Crippen MR) is 226 cm³/mol. The first-order valence-electron chi connectivity index (χ1n) is 20.2. The lowest BCUT2D eigenvalue weighted by molar-refractivity contribution is 0.0110. The molecule has 5 aliphatic rings. The van der Waals surface area contributed by atoms with Crippen LogP contribution < -0.4 is 11.0 Å². The predicted octanol–water partition coefficient (Wildman–Crippen LogP) is 6.21. The Labute approximate surface area is 337 Å². The number of likely N-dealkylation sites (tertiary alicyclic amines) is 2. The van der Waals surface area contributed by atoms with E-state index in [-0.39, 0.29) is 40.7 Å². The number of halogens is 1. The number of piperazine rings is 1. The van der Waals surface area contributed by atoms with Crippen LogP contribution in [0.25, 0.3) is 11.4 Å². The molecule has 10 nitrogen and oxygen atoms in total. The van der Waals surface area contributed by atoms with Crippen molar-refractivity contribution in [3.05, 3.63) is 68.4 Å². The van der Waals surface area contributed by atoms with E-state index < -0.39 is 11.9 Å². The number of nitrogen functional groups attached to an aromatic ring is 1. The smallest absolute Gasteiger partial charge is 0.211 e. The second kappa shape index (κ2) is 17.0. The van der Waals surface area contributed by atoms with E-state index in [1.54, 1.807) is 6.92 Å². The van der Waals surface area contributed by atoms with E-state index in [0.717, 1.165) is 121 Å². The number of aliphatic imine (C=N–C) groups is 1. The van der Waals surface area contributed by atoms with Gasteiger partial charge in [0.25, 0.3) is 0 Å². The van der Waals surface area contributed by atoms with Crippen molar-refractivity contribution in [2.75, 3.05) is 51.7 Å². The van der Waals surface area contributed by atoms with E-state index in [2.05, 4.69) is 56.5 Å². The molecule has 4 N–H and O–H groups in total. The van der Waals surface area contributed by atoms with Crippen LogP contribution in [0, 0.1) is 23.7 Å². The third kappa shape index (κ3) is 7.86. The number of anilines is 1. The molecule has 7 rings (SSSR count). The largest absolute Gasteiger partial charge is 0.477 e. The normalized spacial score (nSPS) is 24.2. The first kappa shape index (κ1) is 41.0. The summed E-state index contributed by atoms with van der Waals surface area (Å²) in [6.45, 7) is 18.0. The Morgan fingerprint density at radius 1 is 1.21 bits per heavy atom. The summed E-state index contributed by atoms with van der Waals surface area (Å²) in [7, 11) is 2.93. The zero-order valence-corrected chi connectivity index (χ0v) is 35.3. The van der Waals surface area contributed by atoms with E-state index in [1.807, 2.05) is 6.92 Å². The number of aliphatic hydroxyl groups excluding tert-OH is 2. The number of ether oxygens (including phenoxy) is 2. The zero-order chi connectivity index (χ0) is 39.9. The number of nitrogens with two attached hydrogens (primary N) is 1. The van der Waals surface area contributed by atoms with Crippen LogP contribution in [0.2, 0.25) is 0 Å². The van der Waals surface area contributed by atoms with E-state index in [0.29, 0.717) is 48.3 Å². The minimum atomic E-state index is -0.442. The van der Waals surface area contributed by atoms with E-state index in [4.69, 9.17) is 20.2 Å². The number of hydrogen-bond acceptors (Lipinski definition) is 10. The molecule has 302 valence electrons. The summed E-state index contributed by atoms with van der Waals surface area (Å²) >= 11 is 1.07. The number of nitrogens with zero attached hydrogens (tertiary/aromatic N) is 5. The number of amidine groups is 1. The number of hydrogen-bond donors (Lipinski definition) is 3. The molecule has 2 aromatic rings. The lowest BCUT2D eigenvalue weighted by Gasteiger charge is -2.44. The Kier molecular flexibility index (Phi) is 12.4. The number of fused-ring (bicyclic) bond motifs is 3. The van der Waals surface area contributed by atoms with Crippen LogP contribution in [0.15, 0.2) is 29.6 Å². The monoisotopic (exact) mass is 804 g/mol. The van der Waals surface area contributed by atoms with Crippen LogP contribution >= 0.6 is 20.6 Å². The summed E-state index contributed by atoms with van der Waals surface area (Å²) in [5, 5.41) is 31.5. The number of benzene rings is 1. The summed E-state index contributed by atoms with van der Waals surface area (Å²) in [5.74, 6) is 1.07. The maximum absolute atomic E-state index is 15.4. The van der Waals surface area contributed by atoms with Crippen LogP contribution in [0.3, 0.4) is 0 Å². The molecular formula is C43H58FN6O4PS. The molecule has 5 atom stereocenters. The molecule has 4 aliphatic heterocycles. The number of β-amino-alcohol motifs (C(OH)–C–C–N with tert-alkyl or cyclic N) is 1. The SMILES string of the molecule is C=C(c1c(/C(F)=C\C)sc(N)c1C#N)c1c(P)c(C)c(/C(=N\C(=C\CCC)OCC2(CN3CCC3CO)CC2)N2C3CCC2CN(CC(C)O)C3)c2c1COC2. The molecule has 0 spiro atoms. The van der Waals surface area contributed by atoms with Crippen molar-refractivity contribution in [2.24, 2.45) is 10.4 Å². The maximum atomic E-state index is 15.4. The molecule has 56 heavy (non-hydrogen) atoms. The van der Waals surface area contributed by atoms with Gasteiger partial charge >= 0.3 is 0 Å². The number of aliphatic hydroxyl groups is 2. The molecule has 5 heterocycles. The van der Waals surface area contributed by atoms with Gasteiger partial charge in [0, 0.05) is 67.4 Å². The summed E-state index contributed by atoms with van der Waals surface area (Å²) in [4.78, 5) is 13.2. The molecule has 3 saturated heterocycles. The Hall–Kier alpha value is -3.14. The average molecular weight is 805 g/mol. The molecule has 0 radical (unpaired) electrons. The average Bonchev–Trinajstić information content (AvgIpc) is 3.47. The van der Waals surface area contributed by atoms with Crippen LogP contribution in [0.4, 0.5) is 9.39 Å². The Morgan fingerprint density at radius 3 is 2.48 bits per heavy atom. The van der Waals surface area contributed by atoms with Crippen molar-refractivity contribution < 1.29 is 24.1 Å². The molecular weight excluding hydrogens is 747 g/mol. The minimum Gasteiger partial charge on any atom is -0.477 e. The number of nitriles is 1. The van der Waals surface area contributed by atoms with Crippen molar-refractivity contribution in [3.63, 3.8) is 0 Å². The van der Waals surface area contributed by atoms with Gasteiger partial charge in [-0.2, -0.15) is 10.3 Å². The van der Waals surface area contributed by atoms with Gasteiger partial charge in [0.2, 0.25) is 5.88 Å². The lowest BCUT2D eigenvalue weighted by Crippen LogP contribution is -2.57. The highest BCUT2D eigenvalue weighted by Gasteiger charge is 2.48. The number of thiophene rings is 1. The molecule has 5 unspecified atom stereocenters. The number of unbranched alkanes of at least 4 members (excludes halogenated alkanes) is 1. The highest BCUT2D eigenvalue weighted by Crippen LogP contribution is 2.49. The zero-order valence-electron chi connectivity index (χ0n) is 33.4. The van der Waals surface area contributed by atoms with Crippen molar-refractivity contribution in [2.45, 2.75) is 110 Å². The van der Waals surface area contributed by atoms with Gasteiger partial charge in [-0.05, 0) is 98.5 Å². The van der Waals surface area contributed by atoms with Gasteiger partial charge in [-0.15, -0.1) is 20.6 Å². The van der Waals surface area contributed by atoms with Gasteiger partial charge in [0.05, 0.1) is 43.0 Å². The van der Waals surface area contributed by atoms with E-state index >= 15 is 4.39 Å². The molecule has 1 aliphatic carbocycles. The van der Waals surface area contributed by atoms with Crippen LogP contribution in [-0.4, -0.2) is 101 Å². The van der Waals surface area contributed by atoms with Gasteiger partial charge < -0.3 is 30.3 Å². The highest BCUT2D eigenvalue weighted by atomic mass is 32.1. The first-order chi connectivity index (χ1) is 26.9. The molecule has 1 aromatic heterocycles. The number of allylic oxidation sites excluding steroid dienone is 2.